The predicted octanol–water partition coefficient (Wildman–Crippen LogP) is 2.90. The molecule has 7 heteroatoms. The maximum Gasteiger partial charge on any atom is 0.242 e. The Balaban J connectivity index is 1.45. The number of rotatable bonds is 8. The number of nitrogens with one attached hydrogen (secondary N) is 1. The van der Waals surface area contributed by atoms with Crippen molar-refractivity contribution in [2.45, 2.75) is 43.5 Å². The summed E-state index contributed by atoms with van der Waals surface area (Å²) in [4.78, 5) is 12.3. The number of carbonyl (C=O) groups is 1. The van der Waals surface area contributed by atoms with Crippen molar-refractivity contribution >= 4 is 15.9 Å². The molecule has 1 heterocycles. The van der Waals surface area contributed by atoms with Gasteiger partial charge in [-0.05, 0) is 42.2 Å². The van der Waals surface area contributed by atoms with E-state index in [0.717, 1.165) is 17.1 Å². The molecule has 0 radical (unpaired) electrons. The van der Waals surface area contributed by atoms with Crippen molar-refractivity contribution in [2.24, 2.45) is 5.92 Å². The predicted molar refractivity (Wildman–Crippen MR) is 103 cm³/mol. The van der Waals surface area contributed by atoms with Crippen LogP contribution in [-0.2, 0) is 27.8 Å². The molecule has 1 saturated carbocycles. The molecule has 27 heavy (non-hydrogen) atoms. The first-order valence-corrected chi connectivity index (χ1v) is 10.6. The first kappa shape index (κ1) is 19.6. The monoisotopic (exact) mass is 390 g/mol. The van der Waals surface area contributed by atoms with Crippen LogP contribution < -0.4 is 5.32 Å². The van der Waals surface area contributed by atoms with E-state index in [0.29, 0.717) is 31.2 Å². The van der Waals surface area contributed by atoms with Crippen LogP contribution in [0.15, 0.2) is 45.7 Å². The van der Waals surface area contributed by atoms with Crippen LogP contribution in [0.1, 0.15) is 42.8 Å². The van der Waals surface area contributed by atoms with Crippen LogP contribution >= 0.6 is 0 Å². The van der Waals surface area contributed by atoms with Gasteiger partial charge >= 0.3 is 0 Å². The van der Waals surface area contributed by atoms with E-state index in [1.165, 1.54) is 24.8 Å². The highest BCUT2D eigenvalue weighted by atomic mass is 32.2. The van der Waals surface area contributed by atoms with Gasteiger partial charge in [-0.2, -0.15) is 0 Å². The molecular formula is C20H26N2O4S. The molecule has 0 bridgehead atoms. The van der Waals surface area contributed by atoms with Gasteiger partial charge in [-0.15, -0.1) is 0 Å². The quantitative estimate of drug-likeness (QED) is 0.752. The molecule has 1 N–H and O–H groups in total. The van der Waals surface area contributed by atoms with Gasteiger partial charge in [0.1, 0.15) is 11.5 Å². The van der Waals surface area contributed by atoms with Crippen LogP contribution in [0.25, 0.3) is 0 Å². The Hall–Kier alpha value is -2.12. The molecule has 6 nitrogen and oxygen atoms in total. The summed E-state index contributed by atoms with van der Waals surface area (Å²) in [5.74, 6) is 3.07. The summed E-state index contributed by atoms with van der Waals surface area (Å²) in [6, 6.07) is 10.5. The van der Waals surface area contributed by atoms with Crippen LogP contribution in [0, 0.1) is 5.92 Å². The average molecular weight is 391 g/mol. The van der Waals surface area contributed by atoms with Crippen molar-refractivity contribution < 1.29 is 17.6 Å². The summed E-state index contributed by atoms with van der Waals surface area (Å²) >= 11 is 0. The number of furan rings is 1. The lowest BCUT2D eigenvalue weighted by Crippen LogP contribution is -2.23. The summed E-state index contributed by atoms with van der Waals surface area (Å²) in [6.45, 7) is 2.58. The number of aryl methyl sites for hydroxylation is 1. The van der Waals surface area contributed by atoms with Gasteiger partial charge in [0, 0.05) is 39.4 Å². The molecule has 0 aliphatic heterocycles. The van der Waals surface area contributed by atoms with Crippen molar-refractivity contribution in [2.75, 3.05) is 14.1 Å². The Morgan fingerprint density at radius 3 is 2.44 bits per heavy atom. The molecule has 2 unspecified atom stereocenters. The highest BCUT2D eigenvalue weighted by Crippen LogP contribution is 2.47. The molecule has 1 fully saturated rings. The minimum Gasteiger partial charge on any atom is -0.466 e. The number of nitrogens with zero attached hydrogens (tertiary/aromatic N) is 1. The van der Waals surface area contributed by atoms with E-state index in [1.807, 2.05) is 12.1 Å². The molecule has 1 amide bonds. The number of benzene rings is 1. The molecule has 0 spiro atoms. The maximum atomic E-state index is 12.1. The molecule has 146 valence electrons. The third-order valence-electron chi connectivity index (χ3n) is 4.95. The van der Waals surface area contributed by atoms with E-state index in [2.05, 4.69) is 12.2 Å². The number of hydrogen-bond acceptors (Lipinski definition) is 4. The topological polar surface area (TPSA) is 79.6 Å². The largest absolute Gasteiger partial charge is 0.466 e. The first-order valence-electron chi connectivity index (χ1n) is 9.14. The molecule has 1 aliphatic carbocycles. The minimum absolute atomic E-state index is 0.0577. The number of carbonyl (C=O) groups excluding carboxylic acids is 1. The molecule has 1 aromatic heterocycles. The average Bonchev–Trinajstić information content (AvgIpc) is 3.18. The van der Waals surface area contributed by atoms with Crippen molar-refractivity contribution in [3.8, 4) is 0 Å². The first-order chi connectivity index (χ1) is 12.8. The van der Waals surface area contributed by atoms with E-state index in [1.54, 1.807) is 24.3 Å². The second-order valence-corrected chi connectivity index (χ2v) is 9.48. The highest BCUT2D eigenvalue weighted by Gasteiger charge is 2.36. The summed E-state index contributed by atoms with van der Waals surface area (Å²) < 4.78 is 31.1. The van der Waals surface area contributed by atoms with Gasteiger partial charge < -0.3 is 9.73 Å². The van der Waals surface area contributed by atoms with Crippen LogP contribution in [0.3, 0.4) is 0 Å². The van der Waals surface area contributed by atoms with Crippen molar-refractivity contribution in [1.82, 2.24) is 9.62 Å². The summed E-state index contributed by atoms with van der Waals surface area (Å²) in [5, 5.41) is 2.86. The smallest absolute Gasteiger partial charge is 0.242 e. The zero-order valence-electron chi connectivity index (χ0n) is 15.9. The summed E-state index contributed by atoms with van der Waals surface area (Å²) in [6.07, 6.45) is 2.12. The van der Waals surface area contributed by atoms with Gasteiger partial charge in [0.25, 0.3) is 0 Å². The van der Waals surface area contributed by atoms with E-state index in [-0.39, 0.29) is 10.8 Å². The van der Waals surface area contributed by atoms with Crippen molar-refractivity contribution in [3.05, 3.63) is 53.5 Å². The molecule has 2 aromatic rings. The number of hydrogen-bond donors (Lipinski definition) is 1. The molecule has 2 atom stereocenters. The van der Waals surface area contributed by atoms with Gasteiger partial charge in [0.15, 0.2) is 0 Å². The van der Waals surface area contributed by atoms with Crippen LogP contribution in [-0.4, -0.2) is 32.7 Å². The molecule has 0 saturated heterocycles. The Morgan fingerprint density at radius 2 is 1.85 bits per heavy atom. The standard InChI is InChI=1S/C20H26N2O4S/c1-14-12-18(14)19-10-6-16(26-19)7-11-20(23)21-13-15-4-8-17(9-5-15)27(24,25)22(2)3/h4-6,8-10,14,18H,7,11-13H2,1-3H3,(H,21,23). The van der Waals surface area contributed by atoms with E-state index >= 15 is 0 Å². The molecule has 1 aromatic carbocycles. The van der Waals surface area contributed by atoms with E-state index in [9.17, 15) is 13.2 Å². The van der Waals surface area contributed by atoms with Gasteiger partial charge in [-0.1, -0.05) is 19.1 Å². The number of amides is 1. The molecular weight excluding hydrogens is 364 g/mol. The van der Waals surface area contributed by atoms with Crippen LogP contribution in [0.5, 0.6) is 0 Å². The Kier molecular flexibility index (Phi) is 5.72. The Morgan fingerprint density at radius 1 is 1.19 bits per heavy atom. The second kappa shape index (κ2) is 7.86. The minimum atomic E-state index is -3.43. The lowest BCUT2D eigenvalue weighted by atomic mass is 10.2. The van der Waals surface area contributed by atoms with E-state index in [4.69, 9.17) is 4.42 Å². The third kappa shape index (κ3) is 4.78. The zero-order chi connectivity index (χ0) is 19.6. The fourth-order valence-electron chi connectivity index (χ4n) is 2.96. The van der Waals surface area contributed by atoms with E-state index < -0.39 is 10.0 Å². The molecule has 1 aliphatic rings. The van der Waals surface area contributed by atoms with Crippen LogP contribution in [0.2, 0.25) is 0 Å². The Bertz CT molecular complexity index is 900. The van der Waals surface area contributed by atoms with Gasteiger partial charge in [-0.3, -0.25) is 4.79 Å². The van der Waals surface area contributed by atoms with Gasteiger partial charge in [0.2, 0.25) is 15.9 Å². The van der Waals surface area contributed by atoms with Gasteiger partial charge in [0.05, 0.1) is 4.90 Å². The highest BCUT2D eigenvalue weighted by molar-refractivity contribution is 7.89. The summed E-state index contributed by atoms with van der Waals surface area (Å²) in [5.41, 5.74) is 0.851. The lowest BCUT2D eigenvalue weighted by molar-refractivity contribution is -0.121. The molecule has 3 rings (SSSR count). The number of sulfonamides is 1. The normalized spacial score (nSPS) is 19.3. The van der Waals surface area contributed by atoms with Crippen LogP contribution in [0.4, 0.5) is 0 Å². The Labute approximate surface area is 160 Å². The SMILES string of the molecule is CC1CC1c1ccc(CCC(=O)NCc2ccc(S(=O)(=O)N(C)C)cc2)o1. The zero-order valence-corrected chi connectivity index (χ0v) is 16.8. The van der Waals surface area contributed by atoms with Crippen molar-refractivity contribution in [3.63, 3.8) is 0 Å². The third-order valence-corrected chi connectivity index (χ3v) is 6.78. The summed E-state index contributed by atoms with van der Waals surface area (Å²) in [7, 11) is -0.439. The fraction of sp³-hybridized carbons (Fsp3) is 0.450. The lowest BCUT2D eigenvalue weighted by Gasteiger charge is -2.11. The second-order valence-electron chi connectivity index (χ2n) is 7.33. The van der Waals surface area contributed by atoms with Crippen molar-refractivity contribution in [1.29, 1.82) is 0 Å². The van der Waals surface area contributed by atoms with Gasteiger partial charge in [-0.25, -0.2) is 12.7 Å². The maximum absolute atomic E-state index is 12.1. The fourth-order valence-corrected chi connectivity index (χ4v) is 3.86.